The highest BCUT2D eigenvalue weighted by molar-refractivity contribution is 7.93. The van der Waals surface area contributed by atoms with E-state index in [2.05, 4.69) is 25.1 Å². The molecule has 0 spiro atoms. The van der Waals surface area contributed by atoms with Gasteiger partial charge in [-0.2, -0.15) is 10.1 Å². The van der Waals surface area contributed by atoms with Crippen molar-refractivity contribution in [2.45, 2.75) is 18.1 Å². The van der Waals surface area contributed by atoms with E-state index in [4.69, 9.17) is 4.74 Å². The van der Waals surface area contributed by atoms with Crippen molar-refractivity contribution in [2.75, 3.05) is 17.1 Å². The van der Waals surface area contributed by atoms with Gasteiger partial charge < -0.3 is 10.1 Å². The van der Waals surface area contributed by atoms with Gasteiger partial charge in [0, 0.05) is 17.6 Å². The van der Waals surface area contributed by atoms with E-state index in [1.165, 1.54) is 0 Å². The first kappa shape index (κ1) is 19.3. The average Bonchev–Trinajstić information content (AvgIpc) is 3.56. The zero-order valence-corrected chi connectivity index (χ0v) is 17.5. The lowest BCUT2D eigenvalue weighted by molar-refractivity contribution is 0.414. The topological polar surface area (TPSA) is 111 Å². The molecule has 2 aromatic carbocycles. The molecule has 2 N–H and O–H groups in total. The van der Waals surface area contributed by atoms with E-state index in [1.807, 2.05) is 24.3 Å². The van der Waals surface area contributed by atoms with Gasteiger partial charge in [0.05, 0.1) is 29.6 Å². The highest BCUT2D eigenvalue weighted by Gasteiger charge is 2.35. The molecule has 9 nitrogen and oxygen atoms in total. The number of anilines is 3. The highest BCUT2D eigenvalue weighted by Crippen LogP contribution is 2.30. The fourth-order valence-corrected chi connectivity index (χ4v) is 4.55. The van der Waals surface area contributed by atoms with Crippen molar-refractivity contribution < 1.29 is 13.2 Å². The number of methoxy groups -OCH3 is 1. The van der Waals surface area contributed by atoms with Crippen molar-refractivity contribution >= 4 is 38.4 Å². The molecule has 0 aliphatic heterocycles. The van der Waals surface area contributed by atoms with Crippen molar-refractivity contribution in [1.82, 2.24) is 19.7 Å². The molecule has 0 radical (unpaired) electrons. The lowest BCUT2D eigenvalue weighted by Gasteiger charge is -2.09. The molecule has 0 saturated heterocycles. The summed E-state index contributed by atoms with van der Waals surface area (Å²) in [5.74, 6) is 1.18. The predicted octanol–water partition coefficient (Wildman–Crippen LogP) is 3.47. The third-order valence-corrected chi connectivity index (χ3v) is 6.86. The lowest BCUT2D eigenvalue weighted by Crippen LogP contribution is -2.17. The third-order valence-electron chi connectivity index (χ3n) is 4.99. The number of hydrogen-bond donors (Lipinski definition) is 2. The van der Waals surface area contributed by atoms with Gasteiger partial charge in [-0.25, -0.2) is 18.1 Å². The molecule has 1 aliphatic rings. The molecule has 158 valence electrons. The van der Waals surface area contributed by atoms with Gasteiger partial charge in [-0.05, 0) is 61.4 Å². The van der Waals surface area contributed by atoms with E-state index in [0.717, 1.165) is 35.4 Å². The number of hydrogen-bond acceptors (Lipinski definition) is 7. The number of sulfonamides is 1. The van der Waals surface area contributed by atoms with Gasteiger partial charge in [-0.1, -0.05) is 0 Å². The van der Waals surface area contributed by atoms with Gasteiger partial charge in [-0.15, -0.1) is 0 Å². The van der Waals surface area contributed by atoms with Gasteiger partial charge in [0.2, 0.25) is 16.0 Å². The number of fused-ring (bicyclic) bond motifs is 1. The lowest BCUT2D eigenvalue weighted by atomic mass is 10.3. The molecule has 10 heteroatoms. The molecule has 2 heterocycles. The number of nitrogens with zero attached hydrogens (tertiary/aromatic N) is 4. The molecule has 0 bridgehead atoms. The van der Waals surface area contributed by atoms with Crippen LogP contribution in [-0.2, 0) is 10.0 Å². The second-order valence-electron chi connectivity index (χ2n) is 7.28. The second kappa shape index (κ2) is 7.55. The third kappa shape index (κ3) is 4.02. The SMILES string of the molecule is COc1ccc(-n2ncc3cnc(Nc4ccc(NS(=O)(=O)C5CC5)cc4)nc32)cc1. The summed E-state index contributed by atoms with van der Waals surface area (Å²) in [6.45, 7) is 0. The zero-order valence-electron chi connectivity index (χ0n) is 16.7. The molecule has 0 atom stereocenters. The fraction of sp³-hybridized carbons (Fsp3) is 0.190. The molecule has 2 aromatic heterocycles. The number of nitrogens with one attached hydrogen (secondary N) is 2. The summed E-state index contributed by atoms with van der Waals surface area (Å²) >= 11 is 0. The number of benzene rings is 2. The Hall–Kier alpha value is -3.66. The van der Waals surface area contributed by atoms with Crippen molar-refractivity contribution in [3.05, 3.63) is 60.9 Å². The second-order valence-corrected chi connectivity index (χ2v) is 9.24. The molecule has 4 aromatic rings. The highest BCUT2D eigenvalue weighted by atomic mass is 32.2. The molecule has 1 saturated carbocycles. The molecular weight excluding hydrogens is 416 g/mol. The van der Waals surface area contributed by atoms with Crippen molar-refractivity contribution in [2.24, 2.45) is 0 Å². The van der Waals surface area contributed by atoms with E-state index >= 15 is 0 Å². The van der Waals surface area contributed by atoms with E-state index in [0.29, 0.717) is 17.3 Å². The first-order valence-electron chi connectivity index (χ1n) is 9.76. The van der Waals surface area contributed by atoms with Crippen LogP contribution in [0, 0.1) is 0 Å². The Kier molecular flexibility index (Phi) is 4.70. The molecule has 1 fully saturated rings. The maximum absolute atomic E-state index is 12.1. The maximum Gasteiger partial charge on any atom is 0.235 e. The Morgan fingerprint density at radius 1 is 1.00 bits per heavy atom. The molecule has 0 amide bonds. The first-order chi connectivity index (χ1) is 15.0. The van der Waals surface area contributed by atoms with Crippen LogP contribution in [0.5, 0.6) is 5.75 Å². The van der Waals surface area contributed by atoms with Gasteiger partial charge in [0.25, 0.3) is 0 Å². The zero-order chi connectivity index (χ0) is 21.4. The van der Waals surface area contributed by atoms with Crippen LogP contribution in [0.1, 0.15) is 12.8 Å². The van der Waals surface area contributed by atoms with E-state index < -0.39 is 10.0 Å². The minimum absolute atomic E-state index is 0.263. The Balaban J connectivity index is 1.36. The summed E-state index contributed by atoms with van der Waals surface area (Å²) in [6, 6.07) is 14.5. The summed E-state index contributed by atoms with van der Waals surface area (Å²) in [7, 11) is -1.65. The first-order valence-corrected chi connectivity index (χ1v) is 11.3. The minimum Gasteiger partial charge on any atom is -0.497 e. The summed E-state index contributed by atoms with van der Waals surface area (Å²) < 4.78 is 33.7. The van der Waals surface area contributed by atoms with Crippen LogP contribution in [0.4, 0.5) is 17.3 Å². The average molecular weight is 436 g/mol. The number of aromatic nitrogens is 4. The van der Waals surface area contributed by atoms with Crippen LogP contribution < -0.4 is 14.8 Å². The smallest absolute Gasteiger partial charge is 0.235 e. The standard InChI is InChI=1S/C21H20N6O3S/c1-30-18-8-6-17(7-9-18)27-20-14(13-23-27)12-22-21(25-20)24-15-2-4-16(5-3-15)26-31(28,29)19-10-11-19/h2-9,12-13,19,26H,10-11H2,1H3,(H,22,24,25). The van der Waals surface area contributed by atoms with Crippen LogP contribution >= 0.6 is 0 Å². The van der Waals surface area contributed by atoms with Crippen molar-refractivity contribution in [1.29, 1.82) is 0 Å². The normalized spacial score (nSPS) is 13.8. The van der Waals surface area contributed by atoms with Crippen molar-refractivity contribution in [3.8, 4) is 11.4 Å². The summed E-state index contributed by atoms with van der Waals surface area (Å²) in [5.41, 5.74) is 2.79. The molecular formula is C21H20N6O3S. The van der Waals surface area contributed by atoms with Crippen LogP contribution in [0.25, 0.3) is 16.7 Å². The summed E-state index contributed by atoms with van der Waals surface area (Å²) in [6.07, 6.45) is 4.86. The monoisotopic (exact) mass is 436 g/mol. The Bertz CT molecular complexity index is 1330. The van der Waals surface area contributed by atoms with E-state index in [1.54, 1.807) is 48.5 Å². The Morgan fingerprint density at radius 2 is 1.71 bits per heavy atom. The quantitative estimate of drug-likeness (QED) is 0.456. The van der Waals surface area contributed by atoms with Crippen LogP contribution in [0.15, 0.2) is 60.9 Å². The van der Waals surface area contributed by atoms with Gasteiger partial charge >= 0.3 is 0 Å². The molecule has 0 unspecified atom stereocenters. The maximum atomic E-state index is 12.1. The van der Waals surface area contributed by atoms with Crippen LogP contribution in [0.3, 0.4) is 0 Å². The summed E-state index contributed by atoms with van der Waals surface area (Å²) in [4.78, 5) is 8.94. The molecule has 31 heavy (non-hydrogen) atoms. The van der Waals surface area contributed by atoms with Crippen LogP contribution in [0.2, 0.25) is 0 Å². The minimum atomic E-state index is -3.28. The van der Waals surface area contributed by atoms with E-state index in [9.17, 15) is 8.42 Å². The van der Waals surface area contributed by atoms with Crippen molar-refractivity contribution in [3.63, 3.8) is 0 Å². The Morgan fingerprint density at radius 3 is 2.39 bits per heavy atom. The fourth-order valence-electron chi connectivity index (χ4n) is 3.17. The van der Waals surface area contributed by atoms with Crippen LogP contribution in [-0.4, -0.2) is 40.5 Å². The number of rotatable bonds is 7. The molecule has 5 rings (SSSR count). The van der Waals surface area contributed by atoms with Gasteiger partial charge in [-0.3, -0.25) is 4.72 Å². The Labute approximate surface area is 179 Å². The van der Waals surface area contributed by atoms with Gasteiger partial charge in [0.15, 0.2) is 5.65 Å². The number of ether oxygens (including phenoxy) is 1. The van der Waals surface area contributed by atoms with Gasteiger partial charge in [0.1, 0.15) is 5.75 Å². The molecule has 1 aliphatic carbocycles. The van der Waals surface area contributed by atoms with E-state index in [-0.39, 0.29) is 5.25 Å². The predicted molar refractivity (Wildman–Crippen MR) is 119 cm³/mol. The largest absolute Gasteiger partial charge is 0.497 e. The summed E-state index contributed by atoms with van der Waals surface area (Å²) in [5, 5.41) is 8.11.